The van der Waals surface area contributed by atoms with Crippen LogP contribution in [-0.2, 0) is 4.74 Å². The molecule has 1 saturated heterocycles. The summed E-state index contributed by atoms with van der Waals surface area (Å²) in [5.74, 6) is -1.71. The summed E-state index contributed by atoms with van der Waals surface area (Å²) in [5, 5.41) is 5.50. The van der Waals surface area contributed by atoms with E-state index >= 15 is 0 Å². The van der Waals surface area contributed by atoms with Crippen molar-refractivity contribution < 1.29 is 18.3 Å². The van der Waals surface area contributed by atoms with Crippen LogP contribution in [0, 0.1) is 18.6 Å². The Bertz CT molecular complexity index is 812. The molecular formula is C18H21F2N5O2. The number of nitrogens with one attached hydrogen (secondary N) is 2. The summed E-state index contributed by atoms with van der Waals surface area (Å²) in [4.78, 5) is 22.8. The first-order chi connectivity index (χ1) is 13.0. The molecule has 1 aliphatic rings. The molecule has 0 radical (unpaired) electrons. The highest BCUT2D eigenvalue weighted by molar-refractivity contribution is 5.92. The van der Waals surface area contributed by atoms with Crippen LogP contribution in [0.4, 0.5) is 20.4 Å². The molecule has 27 heavy (non-hydrogen) atoms. The summed E-state index contributed by atoms with van der Waals surface area (Å²) >= 11 is 0. The largest absolute Gasteiger partial charge is 0.379 e. The molecule has 0 spiro atoms. The molecule has 1 fully saturated rings. The Morgan fingerprint density at radius 2 is 2.00 bits per heavy atom. The van der Waals surface area contributed by atoms with Crippen LogP contribution in [0.15, 0.2) is 24.3 Å². The zero-order valence-electron chi connectivity index (χ0n) is 15.0. The Hall–Kier alpha value is -2.65. The fourth-order valence-corrected chi connectivity index (χ4v) is 2.69. The highest BCUT2D eigenvalue weighted by Crippen LogP contribution is 2.19. The van der Waals surface area contributed by atoms with Crippen molar-refractivity contribution >= 4 is 17.5 Å². The number of aromatic nitrogens is 2. The summed E-state index contributed by atoms with van der Waals surface area (Å²) < 4.78 is 32.1. The molecule has 7 nitrogen and oxygen atoms in total. The second-order valence-electron chi connectivity index (χ2n) is 6.18. The molecule has 1 aliphatic heterocycles. The minimum absolute atomic E-state index is 0.0284. The lowest BCUT2D eigenvalue weighted by Crippen LogP contribution is -2.41. The van der Waals surface area contributed by atoms with Crippen molar-refractivity contribution in [1.82, 2.24) is 20.2 Å². The number of morpholine rings is 1. The second kappa shape index (κ2) is 8.83. The van der Waals surface area contributed by atoms with Crippen molar-refractivity contribution in [1.29, 1.82) is 0 Å². The molecule has 0 aliphatic carbocycles. The molecule has 1 aromatic carbocycles. The number of rotatable bonds is 6. The number of benzene rings is 1. The highest BCUT2D eigenvalue weighted by atomic mass is 19.1. The van der Waals surface area contributed by atoms with Crippen molar-refractivity contribution in [3.8, 4) is 0 Å². The molecular weight excluding hydrogens is 356 g/mol. The number of nitrogens with zero attached hydrogens (tertiary/aromatic N) is 3. The van der Waals surface area contributed by atoms with Crippen molar-refractivity contribution in [2.24, 2.45) is 0 Å². The lowest BCUT2D eigenvalue weighted by atomic mass is 10.3. The molecule has 1 amide bonds. The van der Waals surface area contributed by atoms with E-state index in [-0.39, 0.29) is 23.2 Å². The van der Waals surface area contributed by atoms with Gasteiger partial charge in [0.05, 0.1) is 18.9 Å². The van der Waals surface area contributed by atoms with E-state index in [2.05, 4.69) is 25.5 Å². The zero-order chi connectivity index (χ0) is 19.2. The van der Waals surface area contributed by atoms with Crippen molar-refractivity contribution in [2.45, 2.75) is 6.92 Å². The first kappa shape index (κ1) is 19.1. The monoisotopic (exact) mass is 377 g/mol. The number of amides is 1. The van der Waals surface area contributed by atoms with E-state index in [9.17, 15) is 13.6 Å². The summed E-state index contributed by atoms with van der Waals surface area (Å²) in [5.41, 5.74) is 0.753. The number of ether oxygens (including phenoxy) is 1. The van der Waals surface area contributed by atoms with Crippen LogP contribution < -0.4 is 10.6 Å². The number of hydrogen-bond donors (Lipinski definition) is 2. The van der Waals surface area contributed by atoms with Crippen LogP contribution in [0.25, 0.3) is 0 Å². The maximum absolute atomic E-state index is 13.8. The highest BCUT2D eigenvalue weighted by Gasteiger charge is 2.14. The van der Waals surface area contributed by atoms with E-state index in [0.717, 1.165) is 31.8 Å². The Morgan fingerprint density at radius 1 is 1.22 bits per heavy atom. The normalized spacial score (nSPS) is 14.8. The molecule has 2 aromatic rings. The van der Waals surface area contributed by atoms with Crippen molar-refractivity contribution in [3.05, 3.63) is 47.3 Å². The third-order valence-electron chi connectivity index (χ3n) is 4.08. The van der Waals surface area contributed by atoms with Crippen molar-refractivity contribution in [2.75, 3.05) is 44.7 Å². The van der Waals surface area contributed by atoms with Crippen LogP contribution in [0.1, 0.15) is 16.2 Å². The average molecular weight is 377 g/mol. The van der Waals surface area contributed by atoms with Gasteiger partial charge in [0, 0.05) is 37.9 Å². The molecule has 3 rings (SSSR count). The van der Waals surface area contributed by atoms with E-state index in [0.29, 0.717) is 25.5 Å². The number of halogens is 2. The van der Waals surface area contributed by atoms with Gasteiger partial charge in [-0.2, -0.15) is 0 Å². The molecule has 9 heteroatoms. The quantitative estimate of drug-likeness (QED) is 0.800. The standard InChI is InChI=1S/C18H21F2N5O2/c1-12-10-16(17(26)21-4-5-25-6-8-27-9-7-25)24-18(22-12)23-15-3-2-13(19)11-14(15)20/h2-3,10-11H,4-9H2,1H3,(H,21,26)(H,22,23,24). The molecule has 144 valence electrons. The van der Waals surface area contributed by atoms with Gasteiger partial charge >= 0.3 is 0 Å². The average Bonchev–Trinajstić information content (AvgIpc) is 2.64. The summed E-state index contributed by atoms with van der Waals surface area (Å²) in [6.45, 7) is 6.02. The maximum Gasteiger partial charge on any atom is 0.270 e. The molecule has 2 N–H and O–H groups in total. The van der Waals surface area contributed by atoms with Gasteiger partial charge < -0.3 is 15.4 Å². The van der Waals surface area contributed by atoms with Gasteiger partial charge in [-0.3, -0.25) is 9.69 Å². The Morgan fingerprint density at radius 3 is 2.74 bits per heavy atom. The van der Waals surface area contributed by atoms with Crippen LogP contribution >= 0.6 is 0 Å². The fraction of sp³-hybridized carbons (Fsp3) is 0.389. The van der Waals surface area contributed by atoms with Crippen LogP contribution in [0.5, 0.6) is 0 Å². The van der Waals surface area contributed by atoms with Gasteiger partial charge in [0.2, 0.25) is 5.95 Å². The van der Waals surface area contributed by atoms with E-state index in [1.807, 2.05) is 0 Å². The van der Waals surface area contributed by atoms with Crippen LogP contribution in [0.2, 0.25) is 0 Å². The van der Waals surface area contributed by atoms with Gasteiger partial charge in [-0.05, 0) is 25.1 Å². The van der Waals surface area contributed by atoms with Gasteiger partial charge in [0.25, 0.3) is 5.91 Å². The molecule has 0 atom stereocenters. The number of carbonyl (C=O) groups is 1. The van der Waals surface area contributed by atoms with E-state index < -0.39 is 11.6 Å². The second-order valence-corrected chi connectivity index (χ2v) is 6.18. The first-order valence-electron chi connectivity index (χ1n) is 8.67. The van der Waals surface area contributed by atoms with Gasteiger partial charge in [-0.1, -0.05) is 0 Å². The number of carbonyl (C=O) groups excluding carboxylic acids is 1. The predicted octanol–water partition coefficient (Wildman–Crippen LogP) is 1.87. The van der Waals surface area contributed by atoms with E-state index in [1.54, 1.807) is 13.0 Å². The topological polar surface area (TPSA) is 79.4 Å². The third kappa shape index (κ3) is 5.41. The third-order valence-corrected chi connectivity index (χ3v) is 4.08. The molecule has 0 bridgehead atoms. The number of anilines is 2. The van der Waals surface area contributed by atoms with Gasteiger partial charge in [-0.15, -0.1) is 0 Å². The van der Waals surface area contributed by atoms with Crippen molar-refractivity contribution in [3.63, 3.8) is 0 Å². The van der Waals surface area contributed by atoms with E-state index in [4.69, 9.17) is 4.74 Å². The molecule has 0 saturated carbocycles. The van der Waals surface area contributed by atoms with Gasteiger partial charge in [0.1, 0.15) is 17.3 Å². The summed E-state index contributed by atoms with van der Waals surface area (Å²) in [6.07, 6.45) is 0. The summed E-state index contributed by atoms with van der Waals surface area (Å²) in [7, 11) is 0. The Balaban J connectivity index is 1.62. The van der Waals surface area contributed by atoms with Gasteiger partial charge in [-0.25, -0.2) is 18.7 Å². The summed E-state index contributed by atoms with van der Waals surface area (Å²) in [6, 6.07) is 4.69. The Labute approximate surface area is 155 Å². The van der Waals surface area contributed by atoms with Crippen LogP contribution in [-0.4, -0.2) is 60.2 Å². The lowest BCUT2D eigenvalue weighted by Gasteiger charge is -2.26. The van der Waals surface area contributed by atoms with Crippen LogP contribution in [0.3, 0.4) is 0 Å². The lowest BCUT2D eigenvalue weighted by molar-refractivity contribution is 0.0383. The number of aryl methyl sites for hydroxylation is 1. The molecule has 2 heterocycles. The minimum Gasteiger partial charge on any atom is -0.379 e. The smallest absolute Gasteiger partial charge is 0.270 e. The fourth-order valence-electron chi connectivity index (χ4n) is 2.69. The van der Waals surface area contributed by atoms with Gasteiger partial charge in [0.15, 0.2) is 0 Å². The molecule has 0 unspecified atom stereocenters. The molecule has 1 aromatic heterocycles. The zero-order valence-corrected chi connectivity index (χ0v) is 15.0. The number of hydrogen-bond acceptors (Lipinski definition) is 6. The predicted molar refractivity (Wildman–Crippen MR) is 96.0 cm³/mol. The first-order valence-corrected chi connectivity index (χ1v) is 8.67. The SMILES string of the molecule is Cc1cc(C(=O)NCCN2CCOCC2)nc(Nc2ccc(F)cc2F)n1. The Kier molecular flexibility index (Phi) is 6.25. The maximum atomic E-state index is 13.8. The minimum atomic E-state index is -0.767. The van der Waals surface area contributed by atoms with E-state index in [1.165, 1.54) is 6.07 Å².